The molecular weight excluding hydrogens is 318 g/mol. The monoisotopic (exact) mass is 345 g/mol. The van der Waals surface area contributed by atoms with Crippen molar-refractivity contribution in [3.05, 3.63) is 29.3 Å². The molecule has 2 N–H and O–H groups in total. The number of unbranched alkanes of at least 4 members (excludes halogenated alkanes) is 2. The van der Waals surface area contributed by atoms with E-state index >= 15 is 0 Å². The first-order valence-corrected chi connectivity index (χ1v) is 9.38. The summed E-state index contributed by atoms with van der Waals surface area (Å²) in [6, 6.07) is 6.02. The summed E-state index contributed by atoms with van der Waals surface area (Å²) in [5.41, 5.74) is 2.51. The summed E-state index contributed by atoms with van der Waals surface area (Å²) in [6.45, 7) is 4.29. The van der Waals surface area contributed by atoms with Gasteiger partial charge >= 0.3 is 10.4 Å². The van der Waals surface area contributed by atoms with Crippen molar-refractivity contribution in [1.29, 1.82) is 0 Å². The normalized spacial score (nSPS) is 11.6. The molecule has 0 amide bonds. The minimum atomic E-state index is -4.12. The van der Waals surface area contributed by atoms with Gasteiger partial charge in [-0.05, 0) is 42.9 Å². The van der Waals surface area contributed by atoms with E-state index in [1.165, 1.54) is 11.1 Å². The van der Waals surface area contributed by atoms with Gasteiger partial charge in [-0.3, -0.25) is 0 Å². The molecule has 0 saturated heterocycles. The lowest BCUT2D eigenvalue weighted by Crippen LogP contribution is -2.18. The third kappa shape index (κ3) is 7.30. The smallest absolute Gasteiger partial charge is 0.416 e. The van der Waals surface area contributed by atoms with E-state index in [4.69, 9.17) is 4.74 Å². The van der Waals surface area contributed by atoms with Crippen LogP contribution in [0.15, 0.2) is 18.2 Å². The van der Waals surface area contributed by atoms with E-state index in [1.54, 1.807) is 0 Å². The minimum Gasteiger partial charge on any atom is -0.491 e. The summed E-state index contributed by atoms with van der Waals surface area (Å²) in [5.74, 6) is 5.38. The highest BCUT2D eigenvalue weighted by Crippen LogP contribution is 2.26. The second kappa shape index (κ2) is 10.6. The van der Waals surface area contributed by atoms with E-state index in [0.29, 0.717) is 0 Å². The molecule has 0 radical (unpaired) electrons. The van der Waals surface area contributed by atoms with E-state index < -0.39 is 10.4 Å². The Bertz CT molecular complexity index is 560. The van der Waals surface area contributed by atoms with Gasteiger partial charge in [0.2, 0.25) is 0 Å². The predicted octanol–water partition coefficient (Wildman–Crippen LogP) is 2.90. The Hall–Kier alpha value is -1.15. The molecule has 6 nitrogen and oxygen atoms in total. The third-order valence-corrected chi connectivity index (χ3v) is 4.19. The quantitative estimate of drug-likeness (QED) is 0.463. The van der Waals surface area contributed by atoms with Crippen LogP contribution in [0.2, 0.25) is 0 Å². The molecule has 0 atom stereocenters. The molecule has 0 aliphatic rings. The van der Waals surface area contributed by atoms with Crippen LogP contribution in [0.4, 0.5) is 0 Å². The lowest BCUT2D eigenvalue weighted by atomic mass is 9.97. The summed E-state index contributed by atoms with van der Waals surface area (Å²) in [4.78, 5) is 0. The fourth-order valence-corrected chi connectivity index (χ4v) is 2.63. The molecule has 1 rings (SSSR count). The Labute approximate surface area is 139 Å². The number of rotatable bonds is 12. The van der Waals surface area contributed by atoms with Gasteiger partial charge in [-0.1, -0.05) is 38.8 Å². The van der Waals surface area contributed by atoms with Crippen molar-refractivity contribution in [2.45, 2.75) is 52.4 Å². The second-order valence-electron chi connectivity index (χ2n) is 5.28. The van der Waals surface area contributed by atoms with E-state index in [9.17, 15) is 8.42 Å². The lowest BCUT2D eigenvalue weighted by molar-refractivity contribution is 0.179. The van der Waals surface area contributed by atoms with Crippen LogP contribution in [0.5, 0.6) is 5.75 Å². The molecule has 0 aliphatic heterocycles. The molecule has 0 aliphatic carbocycles. The largest absolute Gasteiger partial charge is 0.491 e. The van der Waals surface area contributed by atoms with Crippen LogP contribution in [0.3, 0.4) is 0 Å². The summed E-state index contributed by atoms with van der Waals surface area (Å²) >= 11 is 0. The maximum Gasteiger partial charge on any atom is 0.416 e. The zero-order chi connectivity index (χ0) is 17.1. The third-order valence-electron chi connectivity index (χ3n) is 3.50. The van der Waals surface area contributed by atoms with Gasteiger partial charge in [-0.15, -0.1) is 0 Å². The van der Waals surface area contributed by atoms with Crippen LogP contribution >= 0.6 is 0 Å². The molecule has 23 heavy (non-hydrogen) atoms. The standard InChI is InChI=1S/C16H27NO5S/c1-3-5-8-14-9-7-11-16(15(14)10-6-4-2)20-12-13-21-23(18,19)22-17/h7,9,11H,3-6,8,10,12-13,17H2,1-2H3. The maximum atomic E-state index is 11.0. The van der Waals surface area contributed by atoms with Crippen molar-refractivity contribution in [3.8, 4) is 5.75 Å². The topological polar surface area (TPSA) is 87.8 Å². The molecule has 1 aromatic carbocycles. The zero-order valence-corrected chi connectivity index (χ0v) is 14.7. The van der Waals surface area contributed by atoms with Crippen molar-refractivity contribution in [2.24, 2.45) is 5.90 Å². The van der Waals surface area contributed by atoms with Crippen LogP contribution in [0.1, 0.15) is 50.7 Å². The van der Waals surface area contributed by atoms with Gasteiger partial charge in [0.25, 0.3) is 0 Å². The summed E-state index contributed by atoms with van der Waals surface area (Å²) in [7, 11) is -4.12. The first kappa shape index (κ1) is 19.9. The van der Waals surface area contributed by atoms with Crippen molar-refractivity contribution in [1.82, 2.24) is 0 Å². The molecular formula is C16H27NO5S. The van der Waals surface area contributed by atoms with Crippen LogP contribution in [-0.4, -0.2) is 21.6 Å². The number of ether oxygens (including phenoxy) is 1. The maximum absolute atomic E-state index is 11.0. The first-order chi connectivity index (χ1) is 11.0. The number of benzene rings is 1. The van der Waals surface area contributed by atoms with Crippen molar-refractivity contribution in [2.75, 3.05) is 13.2 Å². The average Bonchev–Trinajstić information content (AvgIpc) is 2.55. The van der Waals surface area contributed by atoms with E-state index in [2.05, 4.69) is 34.3 Å². The van der Waals surface area contributed by atoms with E-state index in [0.717, 1.165) is 44.3 Å². The molecule has 0 aromatic heterocycles. The van der Waals surface area contributed by atoms with Gasteiger partial charge in [0.05, 0.1) is 0 Å². The predicted molar refractivity (Wildman–Crippen MR) is 89.3 cm³/mol. The Morgan fingerprint density at radius 1 is 1.04 bits per heavy atom. The van der Waals surface area contributed by atoms with Gasteiger partial charge < -0.3 is 4.74 Å². The van der Waals surface area contributed by atoms with Gasteiger partial charge in [0, 0.05) is 0 Å². The number of aryl methyl sites for hydroxylation is 1. The first-order valence-electron chi connectivity index (χ1n) is 8.05. The SMILES string of the molecule is CCCCc1cccc(OCCOS(=O)(=O)ON)c1CCCC. The highest BCUT2D eigenvalue weighted by Gasteiger charge is 2.12. The zero-order valence-electron chi connectivity index (χ0n) is 13.9. The molecule has 0 unspecified atom stereocenters. The van der Waals surface area contributed by atoms with Crippen LogP contribution in [0, 0.1) is 0 Å². The minimum absolute atomic E-state index is 0.110. The number of hydrogen-bond donors (Lipinski definition) is 1. The lowest BCUT2D eigenvalue weighted by Gasteiger charge is -2.15. The molecule has 0 heterocycles. The fraction of sp³-hybridized carbons (Fsp3) is 0.625. The summed E-state index contributed by atoms with van der Waals surface area (Å²) in [6.07, 6.45) is 6.46. The average molecular weight is 345 g/mol. The molecule has 1 aromatic rings. The Morgan fingerprint density at radius 2 is 1.74 bits per heavy atom. The highest BCUT2D eigenvalue weighted by atomic mass is 32.3. The van der Waals surface area contributed by atoms with Crippen molar-refractivity contribution < 1.29 is 21.6 Å². The van der Waals surface area contributed by atoms with E-state index in [1.807, 2.05) is 12.1 Å². The molecule has 0 spiro atoms. The van der Waals surface area contributed by atoms with Gasteiger partial charge in [0.1, 0.15) is 19.0 Å². The molecule has 0 fully saturated rings. The van der Waals surface area contributed by atoms with Crippen LogP contribution < -0.4 is 10.6 Å². The molecule has 132 valence electrons. The van der Waals surface area contributed by atoms with Crippen LogP contribution in [-0.2, 0) is 31.7 Å². The fourth-order valence-electron chi connectivity index (χ4n) is 2.30. The van der Waals surface area contributed by atoms with Crippen LogP contribution in [0.25, 0.3) is 0 Å². The molecule has 0 saturated carbocycles. The summed E-state index contributed by atoms with van der Waals surface area (Å²) in [5, 5.41) is 0. The number of nitrogens with two attached hydrogens (primary N) is 1. The van der Waals surface area contributed by atoms with Crippen molar-refractivity contribution >= 4 is 10.4 Å². The van der Waals surface area contributed by atoms with Gasteiger partial charge in [-0.2, -0.15) is 18.6 Å². The van der Waals surface area contributed by atoms with Crippen molar-refractivity contribution in [3.63, 3.8) is 0 Å². The molecule has 0 bridgehead atoms. The molecule has 7 heteroatoms. The van der Waals surface area contributed by atoms with Gasteiger partial charge in [-0.25, -0.2) is 4.18 Å². The highest BCUT2D eigenvalue weighted by molar-refractivity contribution is 7.81. The summed E-state index contributed by atoms with van der Waals surface area (Å²) < 4.78 is 35.9. The number of hydrogen-bond acceptors (Lipinski definition) is 6. The Balaban J connectivity index is 2.71. The Morgan fingerprint density at radius 3 is 2.39 bits per heavy atom. The van der Waals surface area contributed by atoms with Gasteiger partial charge in [0.15, 0.2) is 0 Å². The van der Waals surface area contributed by atoms with E-state index in [-0.39, 0.29) is 13.2 Å². The Kier molecular flexibility index (Phi) is 9.16. The second-order valence-corrected chi connectivity index (χ2v) is 6.52.